The van der Waals surface area contributed by atoms with Crippen molar-refractivity contribution in [2.24, 2.45) is 16.6 Å². The zero-order valence-corrected chi connectivity index (χ0v) is 7.99. The van der Waals surface area contributed by atoms with E-state index in [1.54, 1.807) is 11.3 Å². The van der Waals surface area contributed by atoms with Gasteiger partial charge in [-0.25, -0.2) is 0 Å². The molecule has 0 radical (unpaired) electrons. The lowest BCUT2D eigenvalue weighted by Gasteiger charge is -2.32. The van der Waals surface area contributed by atoms with E-state index in [0.29, 0.717) is 11.7 Å². The van der Waals surface area contributed by atoms with Crippen molar-refractivity contribution in [2.45, 2.75) is 13.8 Å². The van der Waals surface area contributed by atoms with Crippen molar-refractivity contribution in [1.29, 1.82) is 0 Å². The molecule has 1 aliphatic heterocycles. The van der Waals surface area contributed by atoms with Crippen LogP contribution in [0.5, 0.6) is 0 Å². The Balaban J connectivity index is 2.68. The first kappa shape index (κ1) is 9.66. The highest BCUT2D eigenvalue weighted by atomic mass is 15.9. The molecule has 0 saturated heterocycles. The van der Waals surface area contributed by atoms with E-state index in [2.05, 4.69) is 10.5 Å². The molecule has 6 heteroatoms. The van der Waals surface area contributed by atoms with Gasteiger partial charge in [0.2, 0.25) is 0 Å². The Labute approximate surface area is 77.8 Å². The number of rotatable bonds is 3. The summed E-state index contributed by atoms with van der Waals surface area (Å²) in [6.45, 7) is 5.75. The smallest absolute Gasteiger partial charge is 0.150 e. The Morgan fingerprint density at radius 2 is 2.08 bits per heavy atom. The fraction of sp³-hybridized carbons (Fsp3) is 0.571. The van der Waals surface area contributed by atoms with E-state index in [-0.39, 0.29) is 0 Å². The SMILES string of the molecule is CCN(CC)N1N=C(N)C=C(N)N1. The Morgan fingerprint density at radius 3 is 2.54 bits per heavy atom. The molecule has 0 unspecified atom stereocenters. The number of hydrazine groups is 2. The van der Waals surface area contributed by atoms with E-state index in [9.17, 15) is 0 Å². The van der Waals surface area contributed by atoms with Crippen LogP contribution < -0.4 is 16.9 Å². The van der Waals surface area contributed by atoms with Gasteiger partial charge in [-0.05, 0) is 0 Å². The van der Waals surface area contributed by atoms with Crippen molar-refractivity contribution in [3.05, 3.63) is 11.9 Å². The minimum absolute atomic E-state index is 0.406. The van der Waals surface area contributed by atoms with Gasteiger partial charge >= 0.3 is 0 Å². The summed E-state index contributed by atoms with van der Waals surface area (Å²) < 4.78 is 0. The van der Waals surface area contributed by atoms with Crippen LogP contribution in [-0.2, 0) is 0 Å². The monoisotopic (exact) mass is 184 g/mol. The van der Waals surface area contributed by atoms with Crippen molar-refractivity contribution in [1.82, 2.24) is 15.7 Å². The van der Waals surface area contributed by atoms with Gasteiger partial charge in [0.15, 0.2) is 5.84 Å². The first-order chi connectivity index (χ1) is 6.17. The normalized spacial score (nSPS) is 16.7. The maximum atomic E-state index is 5.58. The number of amidine groups is 1. The molecule has 0 fully saturated rings. The number of nitrogens with two attached hydrogens (primary N) is 2. The quantitative estimate of drug-likeness (QED) is 0.531. The van der Waals surface area contributed by atoms with Gasteiger partial charge in [0, 0.05) is 19.2 Å². The summed E-state index contributed by atoms with van der Waals surface area (Å²) in [5.74, 6) is 0.905. The zero-order valence-electron chi connectivity index (χ0n) is 7.99. The van der Waals surface area contributed by atoms with Crippen molar-refractivity contribution in [3.63, 3.8) is 0 Å². The number of hydrogen-bond donors (Lipinski definition) is 3. The third-order valence-corrected chi connectivity index (χ3v) is 1.74. The van der Waals surface area contributed by atoms with Gasteiger partial charge in [-0.3, -0.25) is 5.43 Å². The third-order valence-electron chi connectivity index (χ3n) is 1.74. The van der Waals surface area contributed by atoms with E-state index >= 15 is 0 Å². The minimum Gasteiger partial charge on any atom is -0.384 e. The second kappa shape index (κ2) is 3.99. The molecule has 1 aliphatic rings. The molecule has 0 aromatic rings. The molecule has 0 aliphatic carbocycles. The van der Waals surface area contributed by atoms with E-state index in [1.807, 2.05) is 18.9 Å². The van der Waals surface area contributed by atoms with Crippen LogP contribution in [-0.4, -0.2) is 29.2 Å². The molecule has 0 spiro atoms. The molecule has 5 N–H and O–H groups in total. The van der Waals surface area contributed by atoms with Crippen LogP contribution in [0, 0.1) is 0 Å². The fourth-order valence-electron chi connectivity index (χ4n) is 1.10. The van der Waals surface area contributed by atoms with Crippen molar-refractivity contribution < 1.29 is 0 Å². The molecule has 74 valence electrons. The maximum Gasteiger partial charge on any atom is 0.150 e. The predicted molar refractivity (Wildman–Crippen MR) is 51.8 cm³/mol. The molecule has 0 amide bonds. The molecule has 0 atom stereocenters. The van der Waals surface area contributed by atoms with Crippen molar-refractivity contribution in [3.8, 4) is 0 Å². The Kier molecular flexibility index (Phi) is 2.97. The van der Waals surface area contributed by atoms with Gasteiger partial charge in [-0.15, -0.1) is 10.3 Å². The first-order valence-corrected chi connectivity index (χ1v) is 4.30. The van der Waals surface area contributed by atoms with E-state index < -0.39 is 0 Å². The first-order valence-electron chi connectivity index (χ1n) is 4.30. The summed E-state index contributed by atoms with van der Waals surface area (Å²) in [5.41, 5.74) is 14.0. The average Bonchev–Trinajstić information content (AvgIpc) is 2.04. The molecule has 0 bridgehead atoms. The van der Waals surface area contributed by atoms with Gasteiger partial charge < -0.3 is 11.5 Å². The lowest BCUT2D eigenvalue weighted by Crippen LogP contribution is -2.51. The number of nitrogens with one attached hydrogen (secondary N) is 1. The molecular weight excluding hydrogens is 168 g/mol. The number of hydrazone groups is 1. The molecule has 1 heterocycles. The second-order valence-corrected chi connectivity index (χ2v) is 2.66. The Bertz CT molecular complexity index is 229. The van der Waals surface area contributed by atoms with Gasteiger partial charge in [0.05, 0.1) is 0 Å². The molecule has 1 rings (SSSR count). The molecule has 13 heavy (non-hydrogen) atoms. The average molecular weight is 184 g/mol. The van der Waals surface area contributed by atoms with Gasteiger partial charge in [0.25, 0.3) is 0 Å². The van der Waals surface area contributed by atoms with Crippen LogP contribution in [0.25, 0.3) is 0 Å². The number of nitrogens with zero attached hydrogens (tertiary/aromatic N) is 3. The molecule has 0 aromatic heterocycles. The lowest BCUT2D eigenvalue weighted by atomic mass is 10.5. The minimum atomic E-state index is 0.406. The van der Waals surface area contributed by atoms with Gasteiger partial charge in [-0.2, -0.15) is 5.01 Å². The Morgan fingerprint density at radius 1 is 1.46 bits per heavy atom. The standard InChI is InChI=1S/C7H16N6/c1-3-12(4-2)13-10-6(8)5-7(9)11-13/h5,10H,3-4,8H2,1-2H3,(H2,9,11). The molecule has 6 nitrogen and oxygen atoms in total. The van der Waals surface area contributed by atoms with Crippen LogP contribution in [0.3, 0.4) is 0 Å². The van der Waals surface area contributed by atoms with Crippen LogP contribution >= 0.6 is 0 Å². The van der Waals surface area contributed by atoms with Crippen LogP contribution in [0.2, 0.25) is 0 Å². The summed E-state index contributed by atoms with van der Waals surface area (Å²) >= 11 is 0. The van der Waals surface area contributed by atoms with Gasteiger partial charge in [0.1, 0.15) is 5.82 Å². The summed E-state index contributed by atoms with van der Waals surface area (Å²) in [4.78, 5) is 0. The molecule has 0 aromatic carbocycles. The van der Waals surface area contributed by atoms with Crippen LogP contribution in [0.1, 0.15) is 13.8 Å². The predicted octanol–water partition coefficient (Wildman–Crippen LogP) is -0.864. The topological polar surface area (TPSA) is 82.9 Å². The fourth-order valence-corrected chi connectivity index (χ4v) is 1.10. The lowest BCUT2D eigenvalue weighted by molar-refractivity contribution is -0.0535. The molecular formula is C7H16N6. The highest BCUT2D eigenvalue weighted by molar-refractivity contribution is 5.91. The van der Waals surface area contributed by atoms with Gasteiger partial charge in [-0.1, -0.05) is 13.8 Å². The van der Waals surface area contributed by atoms with Crippen LogP contribution in [0.15, 0.2) is 17.0 Å². The van der Waals surface area contributed by atoms with E-state index in [4.69, 9.17) is 11.5 Å². The van der Waals surface area contributed by atoms with Crippen molar-refractivity contribution in [2.75, 3.05) is 13.1 Å². The Hall–Kier alpha value is -1.43. The van der Waals surface area contributed by atoms with Crippen LogP contribution in [0.4, 0.5) is 0 Å². The summed E-state index contributed by atoms with van der Waals surface area (Å²) in [6, 6.07) is 0. The highest BCUT2D eigenvalue weighted by Gasteiger charge is 2.13. The third kappa shape index (κ3) is 2.25. The van der Waals surface area contributed by atoms with E-state index in [1.165, 1.54) is 0 Å². The highest BCUT2D eigenvalue weighted by Crippen LogP contribution is 2.00. The van der Waals surface area contributed by atoms with Crippen molar-refractivity contribution >= 4 is 5.84 Å². The molecule has 0 saturated carbocycles. The van der Waals surface area contributed by atoms with E-state index in [0.717, 1.165) is 13.1 Å². The summed E-state index contributed by atoms with van der Waals surface area (Å²) in [6.07, 6.45) is 1.58. The summed E-state index contributed by atoms with van der Waals surface area (Å²) in [7, 11) is 0. The second-order valence-electron chi connectivity index (χ2n) is 2.66. The summed E-state index contributed by atoms with van der Waals surface area (Å²) in [5, 5.41) is 7.59. The number of hydrogen-bond acceptors (Lipinski definition) is 6. The zero-order chi connectivity index (χ0) is 9.84. The largest absolute Gasteiger partial charge is 0.384 e. The maximum absolute atomic E-state index is 5.58.